The minimum absolute atomic E-state index is 0.0412. The van der Waals surface area contributed by atoms with Crippen LogP contribution in [0.4, 0.5) is 0 Å². The number of phenolic OH excluding ortho intramolecular Hbond substituents is 1. The number of fused-ring (bicyclic) bond motifs is 1. The predicted molar refractivity (Wildman–Crippen MR) is 154 cm³/mol. The van der Waals surface area contributed by atoms with Crippen LogP contribution in [0.1, 0.15) is 25.0 Å². The van der Waals surface area contributed by atoms with Crippen LogP contribution in [0.3, 0.4) is 0 Å². The lowest BCUT2D eigenvalue weighted by Gasteiger charge is -2.26. The fourth-order valence-electron chi connectivity index (χ4n) is 4.21. The van der Waals surface area contributed by atoms with E-state index in [1.165, 1.54) is 12.1 Å². The molecule has 4 atom stereocenters. The van der Waals surface area contributed by atoms with Gasteiger partial charge in [0.25, 0.3) is 0 Å². The Labute approximate surface area is 237 Å². The number of hydrogen-bond donors (Lipinski definition) is 8. The van der Waals surface area contributed by atoms with Crippen LogP contribution in [-0.2, 0) is 32.0 Å². The lowest BCUT2D eigenvalue weighted by molar-refractivity contribution is -0.143. The van der Waals surface area contributed by atoms with Gasteiger partial charge in [0.05, 0.1) is 6.04 Å². The van der Waals surface area contributed by atoms with Crippen LogP contribution in [0.2, 0.25) is 0 Å². The summed E-state index contributed by atoms with van der Waals surface area (Å²) in [5.74, 6) is -3.45. The van der Waals surface area contributed by atoms with Gasteiger partial charge in [-0.15, -0.1) is 0 Å². The first-order valence-electron chi connectivity index (χ1n) is 12.8. The number of aromatic amines is 1. The Morgan fingerprint density at radius 1 is 0.900 bits per heavy atom. The van der Waals surface area contributed by atoms with Crippen molar-refractivity contribution in [1.29, 1.82) is 0 Å². The Kier molecular flexibility index (Phi) is 10.6. The summed E-state index contributed by atoms with van der Waals surface area (Å²) in [5, 5.41) is 27.9. The average molecular weight is 570 g/mol. The molecule has 0 radical (unpaired) electrons. The fourth-order valence-corrected chi connectivity index (χ4v) is 4.37. The van der Waals surface area contributed by atoms with Gasteiger partial charge >= 0.3 is 5.97 Å². The number of nitrogens with two attached hydrogens (primary N) is 1. The Bertz CT molecular complexity index is 1340. The van der Waals surface area contributed by atoms with Crippen molar-refractivity contribution in [3.8, 4) is 5.75 Å². The van der Waals surface area contributed by atoms with Crippen molar-refractivity contribution < 1.29 is 29.4 Å². The number of nitrogens with one attached hydrogen (secondary N) is 4. The maximum Gasteiger partial charge on any atom is 0.326 e. The van der Waals surface area contributed by atoms with Crippen LogP contribution in [0.5, 0.6) is 5.75 Å². The summed E-state index contributed by atoms with van der Waals surface area (Å²) in [5.41, 5.74) is 8.02. The number of amides is 3. The molecule has 0 bridgehead atoms. The van der Waals surface area contributed by atoms with Gasteiger partial charge in [-0.05, 0) is 35.2 Å². The molecule has 1 aromatic heterocycles. The van der Waals surface area contributed by atoms with E-state index in [0.717, 1.165) is 16.5 Å². The van der Waals surface area contributed by atoms with Crippen LogP contribution in [0.15, 0.2) is 54.7 Å². The van der Waals surface area contributed by atoms with E-state index in [0.29, 0.717) is 5.56 Å². The molecule has 3 rings (SSSR count). The molecule has 0 saturated heterocycles. The first kappa shape index (κ1) is 30.5. The Hall–Kier alpha value is -4.03. The first-order valence-corrected chi connectivity index (χ1v) is 13.5. The molecule has 3 aromatic rings. The van der Waals surface area contributed by atoms with Crippen molar-refractivity contribution in [1.82, 2.24) is 20.9 Å². The van der Waals surface area contributed by atoms with Gasteiger partial charge in [-0.1, -0.05) is 44.2 Å². The highest BCUT2D eigenvalue weighted by Crippen LogP contribution is 2.20. The summed E-state index contributed by atoms with van der Waals surface area (Å²) >= 11 is 4.05. The second-order valence-electron chi connectivity index (χ2n) is 9.91. The van der Waals surface area contributed by atoms with Crippen molar-refractivity contribution in [2.75, 3.05) is 5.75 Å². The van der Waals surface area contributed by atoms with Gasteiger partial charge in [0.15, 0.2) is 0 Å². The molecule has 1 heterocycles. The number of carboxylic acid groups (broad SMARTS) is 1. The third-order valence-electron chi connectivity index (χ3n) is 6.51. The standard InChI is InChI=1S/C28H35N5O6S/c1-15(2)24(28(38)39)33-27(37)23(12-17-13-30-21-6-4-3-5-19(17)21)32-26(36)22(31-25(35)20(29)14-40)11-16-7-9-18(34)10-8-16/h3-10,13,15,20,22-24,30,34,40H,11-12,14,29H2,1-2H3,(H,31,35)(H,32,36)(H,33,37)(H,38,39). The zero-order chi connectivity index (χ0) is 29.4. The highest BCUT2D eigenvalue weighted by Gasteiger charge is 2.32. The van der Waals surface area contributed by atoms with Crippen molar-refractivity contribution in [3.05, 3.63) is 65.9 Å². The van der Waals surface area contributed by atoms with Gasteiger partial charge in [-0.2, -0.15) is 12.6 Å². The summed E-state index contributed by atoms with van der Waals surface area (Å²) in [6, 6.07) is 9.16. The summed E-state index contributed by atoms with van der Waals surface area (Å²) in [6.07, 6.45) is 1.83. The summed E-state index contributed by atoms with van der Waals surface area (Å²) in [4.78, 5) is 54.5. The number of carbonyl (C=O) groups is 4. The average Bonchev–Trinajstić information content (AvgIpc) is 3.33. The van der Waals surface area contributed by atoms with E-state index in [1.807, 2.05) is 24.3 Å². The monoisotopic (exact) mass is 569 g/mol. The number of rotatable bonds is 13. The first-order chi connectivity index (χ1) is 19.0. The van der Waals surface area contributed by atoms with Crippen LogP contribution < -0.4 is 21.7 Å². The number of aromatic hydroxyl groups is 1. The number of carbonyl (C=O) groups excluding carboxylic acids is 3. The van der Waals surface area contributed by atoms with E-state index in [9.17, 15) is 29.4 Å². The highest BCUT2D eigenvalue weighted by atomic mass is 32.1. The topological polar surface area (TPSA) is 187 Å². The van der Waals surface area contributed by atoms with Crippen molar-refractivity contribution in [2.45, 2.75) is 50.9 Å². The Morgan fingerprint density at radius 3 is 2.12 bits per heavy atom. The van der Waals surface area contributed by atoms with Gasteiger partial charge in [0.2, 0.25) is 17.7 Å². The van der Waals surface area contributed by atoms with Gasteiger partial charge in [-0.3, -0.25) is 14.4 Å². The van der Waals surface area contributed by atoms with Crippen molar-refractivity contribution in [2.24, 2.45) is 11.7 Å². The molecule has 0 aliphatic heterocycles. The molecule has 12 heteroatoms. The highest BCUT2D eigenvalue weighted by molar-refractivity contribution is 7.80. The van der Waals surface area contributed by atoms with E-state index in [-0.39, 0.29) is 24.3 Å². The van der Waals surface area contributed by atoms with Gasteiger partial charge in [0.1, 0.15) is 23.9 Å². The van der Waals surface area contributed by atoms with Gasteiger partial charge in [-0.25, -0.2) is 4.79 Å². The lowest BCUT2D eigenvalue weighted by Crippen LogP contribution is -2.58. The minimum Gasteiger partial charge on any atom is -0.508 e. The number of carboxylic acids is 1. The van der Waals surface area contributed by atoms with E-state index in [1.54, 1.807) is 32.2 Å². The zero-order valence-electron chi connectivity index (χ0n) is 22.3. The maximum atomic E-state index is 13.6. The smallest absolute Gasteiger partial charge is 0.326 e. The largest absolute Gasteiger partial charge is 0.508 e. The maximum absolute atomic E-state index is 13.6. The Balaban J connectivity index is 1.91. The molecular weight excluding hydrogens is 534 g/mol. The van der Waals surface area contributed by atoms with E-state index < -0.39 is 53.8 Å². The number of aliphatic carboxylic acids is 1. The molecule has 4 unspecified atom stereocenters. The lowest BCUT2D eigenvalue weighted by atomic mass is 10.00. The van der Waals surface area contributed by atoms with Crippen molar-refractivity contribution >= 4 is 47.2 Å². The number of aromatic nitrogens is 1. The molecule has 40 heavy (non-hydrogen) atoms. The number of phenols is 1. The summed E-state index contributed by atoms with van der Waals surface area (Å²) < 4.78 is 0. The second kappa shape index (κ2) is 13.9. The van der Waals surface area contributed by atoms with Gasteiger partial charge < -0.3 is 36.9 Å². The molecule has 214 valence electrons. The molecule has 2 aromatic carbocycles. The quantitative estimate of drug-likeness (QED) is 0.142. The SMILES string of the molecule is CC(C)C(NC(=O)C(Cc1c[nH]c2ccccc12)NC(=O)C(Cc1ccc(O)cc1)NC(=O)C(N)CS)C(=O)O. The molecule has 0 spiro atoms. The van der Waals surface area contributed by atoms with Crippen LogP contribution >= 0.6 is 12.6 Å². The molecule has 0 aliphatic carbocycles. The molecule has 0 fully saturated rings. The molecule has 0 saturated carbocycles. The third kappa shape index (κ3) is 7.99. The fraction of sp³-hybridized carbons (Fsp3) is 0.357. The third-order valence-corrected chi connectivity index (χ3v) is 6.90. The number of benzene rings is 2. The number of H-pyrrole nitrogens is 1. The van der Waals surface area contributed by atoms with Crippen LogP contribution in [-0.4, -0.2) is 68.8 Å². The summed E-state index contributed by atoms with van der Waals surface area (Å²) in [7, 11) is 0. The number of hydrogen-bond acceptors (Lipinski definition) is 7. The molecule has 0 aliphatic rings. The summed E-state index contributed by atoms with van der Waals surface area (Å²) in [6.45, 7) is 3.33. The van der Waals surface area contributed by atoms with Crippen molar-refractivity contribution in [3.63, 3.8) is 0 Å². The molecule has 3 amide bonds. The molecular formula is C28H35N5O6S. The van der Waals surface area contributed by atoms with Crippen LogP contribution in [0, 0.1) is 5.92 Å². The molecule has 11 nitrogen and oxygen atoms in total. The van der Waals surface area contributed by atoms with Gasteiger partial charge in [0, 0.05) is 35.7 Å². The number of thiol groups is 1. The zero-order valence-corrected chi connectivity index (χ0v) is 23.2. The van der Waals surface area contributed by atoms with E-state index in [4.69, 9.17) is 5.73 Å². The minimum atomic E-state index is -1.20. The van der Waals surface area contributed by atoms with E-state index in [2.05, 4.69) is 33.6 Å². The number of para-hydroxylation sites is 1. The normalized spacial score (nSPS) is 14.2. The van der Waals surface area contributed by atoms with Crippen LogP contribution in [0.25, 0.3) is 10.9 Å². The predicted octanol–water partition coefficient (Wildman–Crippen LogP) is 1.11. The Morgan fingerprint density at radius 2 is 1.50 bits per heavy atom. The molecule has 8 N–H and O–H groups in total. The second-order valence-corrected chi connectivity index (χ2v) is 10.3. The van der Waals surface area contributed by atoms with E-state index >= 15 is 0 Å².